The third-order valence-electron chi connectivity index (χ3n) is 3.55. The highest BCUT2D eigenvalue weighted by molar-refractivity contribution is 5.80. The van der Waals surface area contributed by atoms with Gasteiger partial charge in [0.15, 0.2) is 0 Å². The fourth-order valence-electron chi connectivity index (χ4n) is 2.54. The average molecular weight is 240 g/mol. The van der Waals surface area contributed by atoms with E-state index in [1.54, 1.807) is 0 Å². The van der Waals surface area contributed by atoms with E-state index < -0.39 is 0 Å². The Kier molecular flexibility index (Phi) is 5.44. The lowest BCUT2D eigenvalue weighted by Gasteiger charge is -2.36. The first kappa shape index (κ1) is 14.5. The fourth-order valence-corrected chi connectivity index (χ4v) is 2.54. The normalized spacial score (nSPS) is 25.4. The maximum absolute atomic E-state index is 12.6. The molecule has 0 aromatic heterocycles. The quantitative estimate of drug-likeness (QED) is 0.817. The van der Waals surface area contributed by atoms with Crippen LogP contribution in [0.2, 0.25) is 0 Å². The molecule has 2 unspecified atom stereocenters. The number of nitrogens with one attached hydrogen (secondary N) is 1. The van der Waals surface area contributed by atoms with Crippen molar-refractivity contribution in [2.24, 2.45) is 11.8 Å². The van der Waals surface area contributed by atoms with Crippen molar-refractivity contribution in [3.8, 4) is 0 Å². The zero-order valence-corrected chi connectivity index (χ0v) is 12.0. The Bertz CT molecular complexity index is 251. The average Bonchev–Trinajstić information content (AvgIpc) is 2.25. The van der Waals surface area contributed by atoms with Crippen LogP contribution in [0.15, 0.2) is 0 Å². The summed E-state index contributed by atoms with van der Waals surface area (Å²) >= 11 is 0. The summed E-state index contributed by atoms with van der Waals surface area (Å²) in [5.74, 6) is 1.05. The lowest BCUT2D eigenvalue weighted by Crippen LogP contribution is -2.50. The van der Waals surface area contributed by atoms with Gasteiger partial charge in [-0.05, 0) is 46.1 Å². The summed E-state index contributed by atoms with van der Waals surface area (Å²) in [5, 5.41) is 3.41. The van der Waals surface area contributed by atoms with E-state index in [2.05, 4.69) is 44.8 Å². The molecule has 0 spiro atoms. The summed E-state index contributed by atoms with van der Waals surface area (Å²) in [7, 11) is 0. The van der Waals surface area contributed by atoms with E-state index in [1.807, 2.05) is 0 Å². The number of nitrogens with zero attached hydrogens (tertiary/aromatic N) is 1. The zero-order chi connectivity index (χ0) is 13.0. The molecule has 1 amide bonds. The summed E-state index contributed by atoms with van der Waals surface area (Å²) < 4.78 is 0. The van der Waals surface area contributed by atoms with Crippen molar-refractivity contribution in [2.75, 3.05) is 13.1 Å². The summed E-state index contributed by atoms with van der Waals surface area (Å²) in [6.45, 7) is 12.6. The van der Waals surface area contributed by atoms with Crippen molar-refractivity contribution in [1.29, 1.82) is 0 Å². The Morgan fingerprint density at radius 3 is 2.47 bits per heavy atom. The molecule has 0 bridgehead atoms. The molecule has 1 aliphatic heterocycles. The van der Waals surface area contributed by atoms with E-state index in [-0.39, 0.29) is 5.92 Å². The molecule has 0 aromatic carbocycles. The molecule has 100 valence electrons. The molecule has 0 aromatic rings. The van der Waals surface area contributed by atoms with Crippen LogP contribution in [0.4, 0.5) is 0 Å². The van der Waals surface area contributed by atoms with Gasteiger partial charge in [0.1, 0.15) is 0 Å². The van der Waals surface area contributed by atoms with Crippen LogP contribution in [0.1, 0.15) is 47.5 Å². The van der Waals surface area contributed by atoms with E-state index in [1.165, 1.54) is 0 Å². The van der Waals surface area contributed by atoms with Crippen LogP contribution in [-0.4, -0.2) is 36.0 Å². The van der Waals surface area contributed by atoms with E-state index in [0.717, 1.165) is 25.9 Å². The lowest BCUT2D eigenvalue weighted by molar-refractivity contribution is -0.139. The number of hydrogen-bond acceptors (Lipinski definition) is 2. The molecule has 0 saturated carbocycles. The molecule has 3 nitrogen and oxygen atoms in total. The van der Waals surface area contributed by atoms with Crippen LogP contribution in [0.5, 0.6) is 0 Å². The van der Waals surface area contributed by atoms with Crippen LogP contribution in [0, 0.1) is 11.8 Å². The summed E-state index contributed by atoms with van der Waals surface area (Å²) in [6, 6.07) is 0.628. The molecule has 2 atom stereocenters. The third-order valence-corrected chi connectivity index (χ3v) is 3.55. The molecule has 17 heavy (non-hydrogen) atoms. The maximum atomic E-state index is 12.6. The van der Waals surface area contributed by atoms with Crippen molar-refractivity contribution in [2.45, 2.75) is 59.5 Å². The number of rotatable bonds is 4. The van der Waals surface area contributed by atoms with Crippen molar-refractivity contribution >= 4 is 5.91 Å². The van der Waals surface area contributed by atoms with Gasteiger partial charge in [-0.15, -0.1) is 0 Å². The standard InChI is InChI=1S/C14H28N2O/c1-10(2)9-16(11(3)4)14(17)13-7-6-8-15-12(13)5/h10-13,15H,6-9H2,1-5H3. The van der Waals surface area contributed by atoms with Gasteiger partial charge in [-0.25, -0.2) is 0 Å². The van der Waals surface area contributed by atoms with Crippen LogP contribution >= 0.6 is 0 Å². The molecular formula is C14H28N2O. The molecule has 1 heterocycles. The van der Waals surface area contributed by atoms with Crippen molar-refractivity contribution in [3.05, 3.63) is 0 Å². The molecular weight excluding hydrogens is 212 g/mol. The minimum atomic E-state index is 0.171. The Morgan fingerprint density at radius 1 is 1.35 bits per heavy atom. The Hall–Kier alpha value is -0.570. The maximum Gasteiger partial charge on any atom is 0.227 e. The van der Waals surface area contributed by atoms with E-state index >= 15 is 0 Å². The summed E-state index contributed by atoms with van der Waals surface area (Å²) in [6.07, 6.45) is 2.16. The van der Waals surface area contributed by atoms with Gasteiger partial charge < -0.3 is 10.2 Å². The van der Waals surface area contributed by atoms with Gasteiger partial charge in [-0.3, -0.25) is 4.79 Å². The van der Waals surface area contributed by atoms with Gasteiger partial charge in [0.2, 0.25) is 5.91 Å². The molecule has 1 N–H and O–H groups in total. The highest BCUT2D eigenvalue weighted by atomic mass is 16.2. The van der Waals surface area contributed by atoms with Crippen molar-refractivity contribution < 1.29 is 4.79 Å². The lowest BCUT2D eigenvalue weighted by atomic mass is 9.90. The second-order valence-electron chi connectivity index (χ2n) is 5.97. The van der Waals surface area contributed by atoms with Crippen LogP contribution in [0.3, 0.4) is 0 Å². The predicted molar refractivity (Wildman–Crippen MR) is 71.9 cm³/mol. The minimum absolute atomic E-state index is 0.171. The molecule has 0 aliphatic carbocycles. The minimum Gasteiger partial charge on any atom is -0.340 e. The highest BCUT2D eigenvalue weighted by Crippen LogP contribution is 2.21. The summed E-state index contributed by atoms with van der Waals surface area (Å²) in [4.78, 5) is 14.6. The molecule has 1 rings (SSSR count). The topological polar surface area (TPSA) is 32.3 Å². The van der Waals surface area contributed by atoms with Gasteiger partial charge in [-0.1, -0.05) is 13.8 Å². The van der Waals surface area contributed by atoms with E-state index in [4.69, 9.17) is 0 Å². The van der Waals surface area contributed by atoms with Gasteiger partial charge in [-0.2, -0.15) is 0 Å². The van der Waals surface area contributed by atoms with Crippen LogP contribution < -0.4 is 5.32 Å². The number of hydrogen-bond donors (Lipinski definition) is 1. The number of carbonyl (C=O) groups is 1. The van der Waals surface area contributed by atoms with E-state index in [9.17, 15) is 4.79 Å². The predicted octanol–water partition coefficient (Wildman–Crippen LogP) is 2.27. The van der Waals surface area contributed by atoms with Crippen LogP contribution in [-0.2, 0) is 4.79 Å². The third kappa shape index (κ3) is 3.98. The highest BCUT2D eigenvalue weighted by Gasteiger charge is 2.32. The Labute approximate surface area is 106 Å². The number of amides is 1. The molecule has 1 fully saturated rings. The zero-order valence-electron chi connectivity index (χ0n) is 12.0. The second-order valence-corrected chi connectivity index (χ2v) is 5.97. The first-order valence-corrected chi connectivity index (χ1v) is 6.97. The van der Waals surface area contributed by atoms with Gasteiger partial charge in [0, 0.05) is 18.6 Å². The number of carbonyl (C=O) groups excluding carboxylic acids is 1. The molecule has 0 radical (unpaired) electrons. The summed E-state index contributed by atoms with van der Waals surface area (Å²) in [5.41, 5.74) is 0. The Morgan fingerprint density at radius 2 is 2.00 bits per heavy atom. The van der Waals surface area contributed by atoms with Crippen molar-refractivity contribution in [3.63, 3.8) is 0 Å². The SMILES string of the molecule is CC(C)CN(C(=O)C1CCCNC1C)C(C)C. The smallest absolute Gasteiger partial charge is 0.227 e. The van der Waals surface area contributed by atoms with Crippen molar-refractivity contribution in [1.82, 2.24) is 10.2 Å². The Balaban J connectivity index is 2.69. The molecule has 1 saturated heterocycles. The van der Waals surface area contributed by atoms with Gasteiger partial charge in [0.05, 0.1) is 5.92 Å². The second kappa shape index (κ2) is 6.39. The largest absolute Gasteiger partial charge is 0.340 e. The first-order valence-electron chi connectivity index (χ1n) is 6.97. The van der Waals surface area contributed by atoms with Gasteiger partial charge >= 0.3 is 0 Å². The van der Waals surface area contributed by atoms with Gasteiger partial charge in [0.25, 0.3) is 0 Å². The molecule has 3 heteroatoms. The fraction of sp³-hybridized carbons (Fsp3) is 0.929. The first-order chi connectivity index (χ1) is 7.93. The molecule has 1 aliphatic rings. The number of piperidine rings is 1. The monoisotopic (exact) mass is 240 g/mol. The van der Waals surface area contributed by atoms with Crippen LogP contribution in [0.25, 0.3) is 0 Å². The van der Waals surface area contributed by atoms with E-state index in [0.29, 0.717) is 23.9 Å².